The molecule has 2 aromatic rings. The van der Waals surface area contributed by atoms with Crippen molar-refractivity contribution in [1.82, 2.24) is 0 Å². The van der Waals surface area contributed by atoms with E-state index in [9.17, 15) is 9.59 Å². The van der Waals surface area contributed by atoms with Crippen molar-refractivity contribution in [2.75, 3.05) is 0 Å². The number of hydrogen-bond acceptors (Lipinski definition) is 2. The minimum atomic E-state index is -0.777. The predicted octanol–water partition coefficient (Wildman–Crippen LogP) is 5.26. The average Bonchev–Trinajstić information content (AvgIpc) is 2.41. The molecule has 0 aromatic heterocycles. The zero-order valence-corrected chi connectivity index (χ0v) is 12.8. The van der Waals surface area contributed by atoms with Gasteiger partial charge in [-0.05, 0) is 48.0 Å². The van der Waals surface area contributed by atoms with Crippen LogP contribution in [0.2, 0.25) is 15.1 Å². The molecule has 0 fully saturated rings. The van der Waals surface area contributed by atoms with Crippen LogP contribution in [0.3, 0.4) is 0 Å². The standard InChI is InChI=1S/C14H6Cl4O2/c15-8-3-1-7(2-4-8)13(19)9-5-11(16)12(17)6-10(9)14(18)20/h1-6H. The molecule has 2 nitrogen and oxygen atoms in total. The maximum absolute atomic E-state index is 12.4. The number of ketones is 1. The summed E-state index contributed by atoms with van der Waals surface area (Å²) in [4.78, 5) is 23.8. The highest BCUT2D eigenvalue weighted by molar-refractivity contribution is 6.68. The van der Waals surface area contributed by atoms with E-state index in [1.807, 2.05) is 0 Å². The lowest BCUT2D eigenvalue weighted by atomic mass is 9.99. The summed E-state index contributed by atoms with van der Waals surface area (Å²) in [7, 11) is 0. The van der Waals surface area contributed by atoms with Crippen molar-refractivity contribution in [2.24, 2.45) is 0 Å². The summed E-state index contributed by atoms with van der Waals surface area (Å²) < 4.78 is 0. The summed E-state index contributed by atoms with van der Waals surface area (Å²) in [5.74, 6) is -0.385. The lowest BCUT2D eigenvalue weighted by Gasteiger charge is -2.08. The van der Waals surface area contributed by atoms with Crippen LogP contribution in [0.5, 0.6) is 0 Å². The van der Waals surface area contributed by atoms with Crippen LogP contribution in [0.25, 0.3) is 0 Å². The van der Waals surface area contributed by atoms with Gasteiger partial charge in [-0.25, -0.2) is 0 Å². The first kappa shape index (κ1) is 15.3. The fourth-order valence-corrected chi connectivity index (χ4v) is 2.26. The topological polar surface area (TPSA) is 34.1 Å². The Morgan fingerprint density at radius 1 is 0.800 bits per heavy atom. The fraction of sp³-hybridized carbons (Fsp3) is 0. The zero-order chi connectivity index (χ0) is 14.9. The number of hydrogen-bond donors (Lipinski definition) is 0. The maximum atomic E-state index is 12.4. The molecular formula is C14H6Cl4O2. The van der Waals surface area contributed by atoms with Gasteiger partial charge in [0.1, 0.15) is 0 Å². The molecule has 6 heteroatoms. The predicted molar refractivity (Wildman–Crippen MR) is 81.5 cm³/mol. The van der Waals surface area contributed by atoms with Crippen LogP contribution in [-0.4, -0.2) is 11.0 Å². The van der Waals surface area contributed by atoms with Gasteiger partial charge in [-0.2, -0.15) is 0 Å². The van der Waals surface area contributed by atoms with E-state index in [0.717, 1.165) is 0 Å². The normalized spacial score (nSPS) is 10.4. The van der Waals surface area contributed by atoms with Gasteiger partial charge >= 0.3 is 0 Å². The maximum Gasteiger partial charge on any atom is 0.253 e. The Kier molecular flexibility index (Phi) is 4.71. The van der Waals surface area contributed by atoms with Crippen molar-refractivity contribution in [3.8, 4) is 0 Å². The Balaban J connectivity index is 2.56. The molecule has 0 N–H and O–H groups in total. The third-order valence-electron chi connectivity index (χ3n) is 2.62. The van der Waals surface area contributed by atoms with E-state index in [1.54, 1.807) is 24.3 Å². The van der Waals surface area contributed by atoms with Crippen molar-refractivity contribution in [2.45, 2.75) is 0 Å². The molecule has 0 saturated carbocycles. The largest absolute Gasteiger partial charge is 0.289 e. The van der Waals surface area contributed by atoms with Gasteiger partial charge in [0.15, 0.2) is 5.78 Å². The number of carbonyl (C=O) groups excluding carboxylic acids is 2. The second-order valence-corrected chi connectivity index (χ2v) is 5.52. The quantitative estimate of drug-likeness (QED) is 0.560. The molecule has 0 radical (unpaired) electrons. The molecular weight excluding hydrogens is 342 g/mol. The molecule has 0 aliphatic carbocycles. The van der Waals surface area contributed by atoms with E-state index in [0.29, 0.717) is 10.6 Å². The molecule has 0 amide bonds. The van der Waals surface area contributed by atoms with Crippen LogP contribution in [0.4, 0.5) is 0 Å². The van der Waals surface area contributed by atoms with Gasteiger partial charge in [-0.15, -0.1) is 0 Å². The van der Waals surface area contributed by atoms with Crippen LogP contribution >= 0.6 is 46.4 Å². The SMILES string of the molecule is O=C(Cl)c1cc(Cl)c(Cl)cc1C(=O)c1ccc(Cl)cc1. The summed E-state index contributed by atoms with van der Waals surface area (Å²) in [6, 6.07) is 8.87. The van der Waals surface area contributed by atoms with E-state index < -0.39 is 5.24 Å². The van der Waals surface area contributed by atoms with Gasteiger partial charge in [0.25, 0.3) is 5.24 Å². The molecule has 0 heterocycles. The molecule has 2 rings (SSSR count). The Bertz CT molecular complexity index is 693. The molecule has 2 aromatic carbocycles. The van der Waals surface area contributed by atoms with Crippen LogP contribution in [0, 0.1) is 0 Å². The number of rotatable bonds is 3. The second-order valence-electron chi connectivity index (χ2n) is 3.92. The molecule has 0 spiro atoms. The first-order valence-corrected chi connectivity index (χ1v) is 6.90. The molecule has 0 aliphatic heterocycles. The number of carbonyl (C=O) groups is 2. The van der Waals surface area contributed by atoms with Crippen LogP contribution < -0.4 is 0 Å². The minimum absolute atomic E-state index is 0.0148. The molecule has 0 atom stereocenters. The molecule has 20 heavy (non-hydrogen) atoms. The van der Waals surface area contributed by atoms with Gasteiger partial charge < -0.3 is 0 Å². The average molecular weight is 348 g/mol. The minimum Gasteiger partial charge on any atom is -0.289 e. The molecule has 0 aliphatic rings. The number of benzene rings is 2. The summed E-state index contributed by atoms with van der Waals surface area (Å²) in [6.45, 7) is 0. The first-order valence-electron chi connectivity index (χ1n) is 5.39. The van der Waals surface area contributed by atoms with E-state index in [4.69, 9.17) is 46.4 Å². The number of halogens is 4. The molecule has 0 unspecified atom stereocenters. The zero-order valence-electron chi connectivity index (χ0n) is 9.79. The van der Waals surface area contributed by atoms with E-state index >= 15 is 0 Å². The summed E-state index contributed by atoms with van der Waals surface area (Å²) in [5, 5.41) is 0.0548. The summed E-state index contributed by atoms with van der Waals surface area (Å²) >= 11 is 23.0. The highest BCUT2D eigenvalue weighted by Gasteiger charge is 2.19. The van der Waals surface area contributed by atoms with Gasteiger partial charge in [0.05, 0.1) is 10.0 Å². The highest BCUT2D eigenvalue weighted by Crippen LogP contribution is 2.28. The van der Waals surface area contributed by atoms with Crippen LogP contribution in [0.15, 0.2) is 36.4 Å². The van der Waals surface area contributed by atoms with Gasteiger partial charge in [0.2, 0.25) is 0 Å². The highest BCUT2D eigenvalue weighted by atomic mass is 35.5. The van der Waals surface area contributed by atoms with E-state index in [2.05, 4.69) is 0 Å². The van der Waals surface area contributed by atoms with Crippen molar-refractivity contribution < 1.29 is 9.59 Å². The summed E-state index contributed by atoms with van der Waals surface area (Å²) in [6.07, 6.45) is 0. The van der Waals surface area contributed by atoms with Gasteiger partial charge in [0, 0.05) is 21.7 Å². The molecule has 0 saturated heterocycles. The lowest BCUT2D eigenvalue weighted by molar-refractivity contribution is 0.102. The van der Waals surface area contributed by atoms with Crippen molar-refractivity contribution in [3.63, 3.8) is 0 Å². The van der Waals surface area contributed by atoms with E-state index in [-0.39, 0.29) is 27.0 Å². The molecule has 0 bridgehead atoms. The Morgan fingerprint density at radius 2 is 1.30 bits per heavy atom. The smallest absolute Gasteiger partial charge is 0.253 e. The van der Waals surface area contributed by atoms with Crippen molar-refractivity contribution >= 4 is 57.4 Å². The molecule has 102 valence electrons. The second kappa shape index (κ2) is 6.15. The first-order chi connectivity index (χ1) is 9.40. The lowest BCUT2D eigenvalue weighted by Crippen LogP contribution is -2.07. The van der Waals surface area contributed by atoms with Gasteiger partial charge in [-0.3, -0.25) is 9.59 Å². The van der Waals surface area contributed by atoms with Gasteiger partial charge in [-0.1, -0.05) is 34.8 Å². The monoisotopic (exact) mass is 346 g/mol. The summed E-state index contributed by atoms with van der Waals surface area (Å²) in [5.41, 5.74) is 0.481. The fourth-order valence-electron chi connectivity index (χ4n) is 1.65. The Labute approximate surface area is 135 Å². The van der Waals surface area contributed by atoms with E-state index in [1.165, 1.54) is 12.1 Å². The Hall–Kier alpha value is -1.06. The van der Waals surface area contributed by atoms with Crippen LogP contribution in [-0.2, 0) is 0 Å². The van der Waals surface area contributed by atoms with Crippen LogP contribution in [0.1, 0.15) is 26.3 Å². The third-order valence-corrected chi connectivity index (χ3v) is 3.80. The van der Waals surface area contributed by atoms with Crippen molar-refractivity contribution in [1.29, 1.82) is 0 Å². The Morgan fingerprint density at radius 3 is 1.80 bits per heavy atom. The third kappa shape index (κ3) is 3.15. The van der Waals surface area contributed by atoms with Crippen molar-refractivity contribution in [3.05, 3.63) is 68.2 Å².